The number of nitrogens with one attached hydrogen (secondary N) is 1. The van der Waals surface area contributed by atoms with Crippen molar-refractivity contribution in [2.75, 3.05) is 26.3 Å². The molecule has 1 fully saturated rings. The lowest BCUT2D eigenvalue weighted by atomic mass is 10.00. The van der Waals surface area contributed by atoms with Crippen LogP contribution in [0.25, 0.3) is 0 Å². The van der Waals surface area contributed by atoms with Crippen LogP contribution in [0.15, 0.2) is 0 Å². The molecule has 6 heteroatoms. The standard InChI is InChI=1S/C11H20N2O4/c1-3-17-8-6-12-10(16)13-7-4-5-11(13,2)9(14)15/h3-8H2,1-2H3,(H,12,16)(H,14,15). The quantitative estimate of drug-likeness (QED) is 0.697. The Hall–Kier alpha value is -1.30. The van der Waals surface area contributed by atoms with Gasteiger partial charge in [0.1, 0.15) is 5.54 Å². The van der Waals surface area contributed by atoms with Gasteiger partial charge in [0.05, 0.1) is 6.61 Å². The van der Waals surface area contributed by atoms with Crippen molar-refractivity contribution in [3.8, 4) is 0 Å². The van der Waals surface area contributed by atoms with Crippen LogP contribution in [-0.4, -0.2) is 53.8 Å². The predicted octanol–water partition coefficient (Wildman–Crippen LogP) is 0.672. The molecule has 1 aliphatic rings. The van der Waals surface area contributed by atoms with Gasteiger partial charge in [-0.3, -0.25) is 0 Å². The summed E-state index contributed by atoms with van der Waals surface area (Å²) >= 11 is 0. The van der Waals surface area contributed by atoms with E-state index in [1.807, 2.05) is 6.92 Å². The highest BCUT2D eigenvalue weighted by molar-refractivity contribution is 5.86. The number of rotatable bonds is 5. The number of carbonyl (C=O) groups excluding carboxylic acids is 1. The minimum absolute atomic E-state index is 0.327. The fraction of sp³-hybridized carbons (Fsp3) is 0.818. The molecule has 0 aromatic rings. The largest absolute Gasteiger partial charge is 0.480 e. The Morgan fingerprint density at radius 3 is 2.82 bits per heavy atom. The molecule has 0 bridgehead atoms. The second kappa shape index (κ2) is 5.86. The minimum atomic E-state index is -1.07. The number of amides is 2. The summed E-state index contributed by atoms with van der Waals surface area (Å²) in [5, 5.41) is 11.8. The van der Waals surface area contributed by atoms with Crippen molar-refractivity contribution in [3.05, 3.63) is 0 Å². The maximum absolute atomic E-state index is 11.8. The molecule has 0 radical (unpaired) electrons. The van der Waals surface area contributed by atoms with Gasteiger partial charge in [0.15, 0.2) is 0 Å². The number of carboxylic acids is 1. The lowest BCUT2D eigenvalue weighted by Gasteiger charge is -2.31. The van der Waals surface area contributed by atoms with Crippen molar-refractivity contribution in [3.63, 3.8) is 0 Å². The molecule has 1 saturated heterocycles. The third kappa shape index (κ3) is 3.09. The van der Waals surface area contributed by atoms with Gasteiger partial charge in [-0.1, -0.05) is 0 Å². The molecule has 1 rings (SSSR count). The Morgan fingerprint density at radius 2 is 2.24 bits per heavy atom. The Morgan fingerprint density at radius 1 is 1.53 bits per heavy atom. The van der Waals surface area contributed by atoms with E-state index >= 15 is 0 Å². The first-order valence-corrected chi connectivity index (χ1v) is 5.89. The van der Waals surface area contributed by atoms with E-state index in [1.54, 1.807) is 6.92 Å². The predicted molar refractivity (Wildman–Crippen MR) is 61.9 cm³/mol. The van der Waals surface area contributed by atoms with Crippen molar-refractivity contribution in [2.45, 2.75) is 32.2 Å². The van der Waals surface area contributed by atoms with Crippen molar-refractivity contribution in [1.82, 2.24) is 10.2 Å². The lowest BCUT2D eigenvalue weighted by molar-refractivity contribution is -0.147. The van der Waals surface area contributed by atoms with E-state index in [0.717, 1.165) is 6.42 Å². The van der Waals surface area contributed by atoms with Crippen LogP contribution in [0.1, 0.15) is 26.7 Å². The highest BCUT2D eigenvalue weighted by Crippen LogP contribution is 2.28. The van der Waals surface area contributed by atoms with Crippen LogP contribution in [0, 0.1) is 0 Å². The van der Waals surface area contributed by atoms with Crippen LogP contribution in [0.4, 0.5) is 4.79 Å². The summed E-state index contributed by atoms with van der Waals surface area (Å²) in [6.45, 7) is 5.41. The van der Waals surface area contributed by atoms with Gasteiger partial charge in [0, 0.05) is 19.7 Å². The van der Waals surface area contributed by atoms with E-state index in [1.165, 1.54) is 4.90 Å². The molecular weight excluding hydrogens is 224 g/mol. The summed E-state index contributed by atoms with van der Waals surface area (Å²) in [4.78, 5) is 24.4. The monoisotopic (exact) mass is 244 g/mol. The Kier molecular flexibility index (Phi) is 4.74. The molecule has 2 amide bonds. The van der Waals surface area contributed by atoms with Crippen LogP contribution in [0.3, 0.4) is 0 Å². The molecule has 0 aromatic heterocycles. The number of likely N-dealkylation sites (tertiary alicyclic amines) is 1. The van der Waals surface area contributed by atoms with Gasteiger partial charge in [-0.05, 0) is 26.7 Å². The van der Waals surface area contributed by atoms with Crippen LogP contribution in [0.2, 0.25) is 0 Å². The van der Waals surface area contributed by atoms with Crippen molar-refractivity contribution in [2.24, 2.45) is 0 Å². The summed E-state index contributed by atoms with van der Waals surface area (Å²) in [7, 11) is 0. The lowest BCUT2D eigenvalue weighted by Crippen LogP contribution is -2.54. The molecule has 17 heavy (non-hydrogen) atoms. The number of carboxylic acid groups (broad SMARTS) is 1. The summed E-state index contributed by atoms with van der Waals surface area (Å²) in [5.74, 6) is -0.949. The van der Waals surface area contributed by atoms with Crippen molar-refractivity contribution in [1.29, 1.82) is 0 Å². The fourth-order valence-corrected chi connectivity index (χ4v) is 1.98. The van der Waals surface area contributed by atoms with E-state index < -0.39 is 11.5 Å². The highest BCUT2D eigenvalue weighted by Gasteiger charge is 2.45. The first kappa shape index (κ1) is 13.8. The average Bonchev–Trinajstić information content (AvgIpc) is 2.68. The van der Waals surface area contributed by atoms with Crippen LogP contribution in [0.5, 0.6) is 0 Å². The molecule has 1 aliphatic heterocycles. The molecule has 0 aliphatic carbocycles. The number of hydrogen-bond donors (Lipinski definition) is 2. The van der Waals surface area contributed by atoms with E-state index in [2.05, 4.69) is 5.32 Å². The van der Waals surface area contributed by atoms with E-state index in [9.17, 15) is 9.59 Å². The van der Waals surface area contributed by atoms with Gasteiger partial charge in [-0.25, -0.2) is 9.59 Å². The van der Waals surface area contributed by atoms with E-state index in [-0.39, 0.29) is 6.03 Å². The molecule has 1 unspecified atom stereocenters. The third-order valence-corrected chi connectivity index (χ3v) is 3.07. The fourth-order valence-electron chi connectivity index (χ4n) is 1.98. The zero-order chi connectivity index (χ0) is 12.9. The Balaban J connectivity index is 2.48. The van der Waals surface area contributed by atoms with Gasteiger partial charge < -0.3 is 20.1 Å². The van der Waals surface area contributed by atoms with E-state index in [0.29, 0.717) is 32.7 Å². The minimum Gasteiger partial charge on any atom is -0.480 e. The molecule has 98 valence electrons. The highest BCUT2D eigenvalue weighted by atomic mass is 16.5. The Labute approximate surface area is 101 Å². The van der Waals surface area contributed by atoms with Crippen LogP contribution < -0.4 is 5.32 Å². The second-order valence-electron chi connectivity index (χ2n) is 4.26. The maximum atomic E-state index is 11.8. The molecule has 0 spiro atoms. The van der Waals surface area contributed by atoms with Gasteiger partial charge >= 0.3 is 12.0 Å². The first-order chi connectivity index (χ1) is 8.02. The zero-order valence-electron chi connectivity index (χ0n) is 10.4. The normalized spacial score (nSPS) is 23.8. The molecule has 2 N–H and O–H groups in total. The smallest absolute Gasteiger partial charge is 0.329 e. The van der Waals surface area contributed by atoms with Gasteiger partial charge in [0.25, 0.3) is 0 Å². The molecule has 1 heterocycles. The maximum Gasteiger partial charge on any atom is 0.329 e. The van der Waals surface area contributed by atoms with Crippen molar-refractivity contribution >= 4 is 12.0 Å². The van der Waals surface area contributed by atoms with Gasteiger partial charge in [-0.15, -0.1) is 0 Å². The summed E-state index contributed by atoms with van der Waals surface area (Å²) in [6, 6.07) is -0.327. The van der Waals surface area contributed by atoms with Gasteiger partial charge in [-0.2, -0.15) is 0 Å². The van der Waals surface area contributed by atoms with Crippen molar-refractivity contribution < 1.29 is 19.4 Å². The molecule has 0 saturated carbocycles. The molecule has 6 nitrogen and oxygen atoms in total. The number of aliphatic carboxylic acids is 1. The van der Waals surface area contributed by atoms with E-state index in [4.69, 9.17) is 9.84 Å². The second-order valence-corrected chi connectivity index (χ2v) is 4.26. The van der Waals surface area contributed by atoms with Crippen LogP contribution >= 0.6 is 0 Å². The third-order valence-electron chi connectivity index (χ3n) is 3.07. The topological polar surface area (TPSA) is 78.9 Å². The zero-order valence-corrected chi connectivity index (χ0v) is 10.4. The average molecular weight is 244 g/mol. The first-order valence-electron chi connectivity index (χ1n) is 5.89. The Bertz CT molecular complexity index is 295. The van der Waals surface area contributed by atoms with Crippen LogP contribution in [-0.2, 0) is 9.53 Å². The number of carbonyl (C=O) groups is 2. The summed E-state index contributed by atoms with van der Waals surface area (Å²) < 4.78 is 5.10. The summed E-state index contributed by atoms with van der Waals surface area (Å²) in [6.07, 6.45) is 1.23. The summed E-state index contributed by atoms with van der Waals surface area (Å²) in [5.41, 5.74) is -1.07. The van der Waals surface area contributed by atoms with Gasteiger partial charge in [0.2, 0.25) is 0 Å². The molecule has 0 aromatic carbocycles. The molecule has 1 atom stereocenters. The SMILES string of the molecule is CCOCCNC(=O)N1CCCC1(C)C(=O)O. The number of ether oxygens (including phenoxy) is 1. The number of hydrogen-bond acceptors (Lipinski definition) is 3. The number of nitrogens with zero attached hydrogens (tertiary/aromatic N) is 1. The number of urea groups is 1. The molecular formula is C11H20N2O4.